The molecule has 12 nitrogen and oxygen atoms in total. The maximum atomic E-state index is 12.8. The first-order valence-electron chi connectivity index (χ1n) is 22.7. The van der Waals surface area contributed by atoms with Gasteiger partial charge in [0.05, 0.1) is 6.61 Å². The van der Waals surface area contributed by atoms with Gasteiger partial charge in [0.1, 0.15) is 36.8 Å². The predicted molar refractivity (Wildman–Crippen MR) is 224 cm³/mol. The molecular weight excluding hydrogens is 753 g/mol. The van der Waals surface area contributed by atoms with E-state index >= 15 is 0 Å². The van der Waals surface area contributed by atoms with Crippen LogP contribution in [0.1, 0.15) is 200 Å². The van der Waals surface area contributed by atoms with Crippen LogP contribution in [-0.2, 0) is 38.7 Å². The zero-order valence-corrected chi connectivity index (χ0v) is 36.4. The van der Waals surface area contributed by atoms with E-state index in [4.69, 9.17) is 18.9 Å². The first kappa shape index (κ1) is 53.4. The molecule has 13 heteroatoms. The molecule has 4 N–H and O–H groups in total. The number of unbranched alkanes of at least 4 members (excludes halogenated alkanes) is 26. The molecule has 0 aromatic carbocycles. The molecule has 1 aliphatic heterocycles. The van der Waals surface area contributed by atoms with Gasteiger partial charge in [0.15, 0.2) is 12.4 Å². The molecular formula is C44H82O12S. The van der Waals surface area contributed by atoms with Crippen LogP contribution in [0.4, 0.5) is 0 Å². The SMILES string of the molecule is C=CCCCCCCCCCCCCCCCC(=O)OC[C@H](CO[C@H]1O[C@H](CS(=O)(=O)O)[C@@H](O)C(O)C1O)OC(=O)CCCCCCCCCCCCCCCC. The normalized spacial score (nSPS) is 20.3. The largest absolute Gasteiger partial charge is 0.462 e. The van der Waals surface area contributed by atoms with Crippen LogP contribution in [0, 0.1) is 0 Å². The number of rotatable bonds is 39. The van der Waals surface area contributed by atoms with Gasteiger partial charge >= 0.3 is 11.9 Å². The maximum Gasteiger partial charge on any atom is 0.306 e. The van der Waals surface area contributed by atoms with Crippen LogP contribution >= 0.6 is 0 Å². The van der Waals surface area contributed by atoms with Crippen molar-refractivity contribution in [2.24, 2.45) is 0 Å². The van der Waals surface area contributed by atoms with E-state index in [1.54, 1.807) is 0 Å². The number of ether oxygens (including phenoxy) is 4. The lowest BCUT2D eigenvalue weighted by Crippen LogP contribution is -2.60. The molecule has 57 heavy (non-hydrogen) atoms. The molecule has 0 aromatic rings. The summed E-state index contributed by atoms with van der Waals surface area (Å²) in [6, 6.07) is 0. The molecule has 0 amide bonds. The Bertz CT molecular complexity index is 1100. The molecule has 0 aliphatic carbocycles. The summed E-state index contributed by atoms with van der Waals surface area (Å²) in [6.07, 6.45) is 25.7. The standard InChI is InChI=1S/C44H82O12S/c1-3-5-7-9-11-13-15-17-19-21-22-24-26-28-30-32-39(45)53-34-37(35-54-44-43(49)42(48)41(47)38(56-44)36-57(50,51)52)55-40(46)33-31-29-27-25-23-20-18-16-14-12-10-8-6-4-2/h3,37-38,41-44,47-49H,1,4-36H2,2H3,(H,50,51,52)/t37-,38-,41-,42?,43?,44+/m1/s1. The van der Waals surface area contributed by atoms with E-state index in [9.17, 15) is 37.9 Å². The highest BCUT2D eigenvalue weighted by Crippen LogP contribution is 2.24. The van der Waals surface area contributed by atoms with Gasteiger partial charge in [-0.2, -0.15) is 8.42 Å². The molecule has 0 radical (unpaired) electrons. The summed E-state index contributed by atoms with van der Waals surface area (Å²) < 4.78 is 54.0. The lowest BCUT2D eigenvalue weighted by Gasteiger charge is -2.40. The summed E-state index contributed by atoms with van der Waals surface area (Å²) >= 11 is 0. The van der Waals surface area contributed by atoms with Gasteiger partial charge in [-0.3, -0.25) is 14.1 Å². The number of hydrogen-bond donors (Lipinski definition) is 4. The van der Waals surface area contributed by atoms with Crippen molar-refractivity contribution in [3.63, 3.8) is 0 Å². The van der Waals surface area contributed by atoms with E-state index in [1.807, 2.05) is 6.08 Å². The zero-order valence-electron chi connectivity index (χ0n) is 35.5. The highest BCUT2D eigenvalue weighted by atomic mass is 32.2. The number of carbonyl (C=O) groups is 2. The molecule has 1 fully saturated rings. The minimum absolute atomic E-state index is 0.169. The minimum Gasteiger partial charge on any atom is -0.462 e. The monoisotopic (exact) mass is 835 g/mol. The molecule has 1 saturated heterocycles. The van der Waals surface area contributed by atoms with E-state index in [1.165, 1.54) is 122 Å². The van der Waals surface area contributed by atoms with E-state index < -0.39 is 71.2 Å². The fourth-order valence-corrected chi connectivity index (χ4v) is 7.88. The van der Waals surface area contributed by atoms with Crippen LogP contribution in [0.2, 0.25) is 0 Å². The van der Waals surface area contributed by atoms with Gasteiger partial charge in [-0.1, -0.05) is 167 Å². The smallest absolute Gasteiger partial charge is 0.306 e. The van der Waals surface area contributed by atoms with Crippen LogP contribution in [-0.4, -0.2) is 96.0 Å². The molecule has 6 atom stereocenters. The van der Waals surface area contributed by atoms with Gasteiger partial charge < -0.3 is 34.3 Å². The van der Waals surface area contributed by atoms with Crippen LogP contribution in [0.3, 0.4) is 0 Å². The highest BCUT2D eigenvalue weighted by molar-refractivity contribution is 7.85. The van der Waals surface area contributed by atoms with Gasteiger partial charge in [-0.05, 0) is 25.7 Å². The number of esters is 2. The van der Waals surface area contributed by atoms with Crippen molar-refractivity contribution in [1.82, 2.24) is 0 Å². The Kier molecular flexibility index (Phi) is 33.0. The molecule has 0 spiro atoms. The lowest BCUT2D eigenvalue weighted by atomic mass is 10.00. The number of allylic oxidation sites excluding steroid dienone is 1. The number of aliphatic hydroxyl groups excluding tert-OH is 3. The molecule has 1 aliphatic rings. The second-order valence-electron chi connectivity index (χ2n) is 16.2. The molecule has 2 unspecified atom stereocenters. The Morgan fingerprint density at radius 2 is 1.04 bits per heavy atom. The third-order valence-corrected chi connectivity index (χ3v) is 11.5. The molecule has 1 heterocycles. The first-order chi connectivity index (χ1) is 27.5. The molecule has 0 bridgehead atoms. The van der Waals surface area contributed by atoms with Gasteiger partial charge in [0, 0.05) is 12.8 Å². The van der Waals surface area contributed by atoms with E-state index in [0.29, 0.717) is 12.8 Å². The summed E-state index contributed by atoms with van der Waals surface area (Å²) in [7, 11) is -4.60. The lowest BCUT2D eigenvalue weighted by molar-refractivity contribution is -0.297. The van der Waals surface area contributed by atoms with Crippen molar-refractivity contribution >= 4 is 22.1 Å². The summed E-state index contributed by atoms with van der Waals surface area (Å²) in [6.45, 7) is 5.30. The first-order valence-corrected chi connectivity index (χ1v) is 24.3. The highest BCUT2D eigenvalue weighted by Gasteiger charge is 2.46. The second kappa shape index (κ2) is 35.2. The molecule has 336 valence electrons. The van der Waals surface area contributed by atoms with Gasteiger partial charge in [0.25, 0.3) is 10.1 Å². The molecule has 0 saturated carbocycles. The van der Waals surface area contributed by atoms with E-state index in [-0.39, 0.29) is 19.4 Å². The Morgan fingerprint density at radius 1 is 0.614 bits per heavy atom. The van der Waals surface area contributed by atoms with Crippen molar-refractivity contribution in [3.8, 4) is 0 Å². The molecule has 1 rings (SSSR count). The number of aliphatic hydroxyl groups is 3. The van der Waals surface area contributed by atoms with Crippen LogP contribution in [0.15, 0.2) is 12.7 Å². The quantitative estimate of drug-likeness (QED) is 0.0200. The fourth-order valence-electron chi connectivity index (χ4n) is 7.19. The Labute approximate surface area is 346 Å². The van der Waals surface area contributed by atoms with Crippen molar-refractivity contribution in [2.75, 3.05) is 19.0 Å². The Balaban J connectivity index is 2.42. The average Bonchev–Trinajstić information content (AvgIpc) is 3.17. The topological polar surface area (TPSA) is 186 Å². The van der Waals surface area contributed by atoms with Gasteiger partial charge in [0.2, 0.25) is 0 Å². The summed E-state index contributed by atoms with van der Waals surface area (Å²) in [4.78, 5) is 25.4. The predicted octanol–water partition coefficient (Wildman–Crippen LogP) is 9.06. The van der Waals surface area contributed by atoms with Crippen molar-refractivity contribution in [2.45, 2.75) is 236 Å². The Morgan fingerprint density at radius 3 is 1.47 bits per heavy atom. The summed E-state index contributed by atoms with van der Waals surface area (Å²) in [5.41, 5.74) is 0. The van der Waals surface area contributed by atoms with Crippen molar-refractivity contribution < 1.29 is 56.8 Å². The summed E-state index contributed by atoms with van der Waals surface area (Å²) in [5, 5.41) is 30.9. The second-order valence-corrected chi connectivity index (χ2v) is 17.7. The van der Waals surface area contributed by atoms with E-state index in [0.717, 1.165) is 44.9 Å². The van der Waals surface area contributed by atoms with Crippen LogP contribution in [0.25, 0.3) is 0 Å². The number of hydrogen-bond acceptors (Lipinski definition) is 11. The Hall–Kier alpha value is -1.61. The molecule has 0 aromatic heterocycles. The van der Waals surface area contributed by atoms with E-state index in [2.05, 4.69) is 13.5 Å². The van der Waals surface area contributed by atoms with Gasteiger partial charge in [-0.25, -0.2) is 0 Å². The zero-order chi connectivity index (χ0) is 42.0. The fraction of sp³-hybridized carbons (Fsp3) is 0.909. The maximum absolute atomic E-state index is 12.8. The van der Waals surface area contributed by atoms with Crippen molar-refractivity contribution in [3.05, 3.63) is 12.7 Å². The average molecular weight is 835 g/mol. The van der Waals surface area contributed by atoms with Crippen molar-refractivity contribution in [1.29, 1.82) is 0 Å². The third-order valence-electron chi connectivity index (χ3n) is 10.7. The van der Waals surface area contributed by atoms with Crippen LogP contribution < -0.4 is 0 Å². The van der Waals surface area contributed by atoms with Crippen LogP contribution in [0.5, 0.6) is 0 Å². The summed E-state index contributed by atoms with van der Waals surface area (Å²) in [5.74, 6) is -1.97. The third kappa shape index (κ3) is 30.1. The van der Waals surface area contributed by atoms with Gasteiger partial charge in [-0.15, -0.1) is 6.58 Å². The minimum atomic E-state index is -4.60. The number of carbonyl (C=O) groups excluding carboxylic acids is 2.